The number of fused-ring (bicyclic) bond motifs is 1. The smallest absolute Gasteiger partial charge is 0.338 e. The van der Waals surface area contributed by atoms with E-state index in [-0.39, 0.29) is 18.8 Å². The number of pyridine rings is 1. The second-order valence-electron chi connectivity index (χ2n) is 7.99. The van der Waals surface area contributed by atoms with Crippen LogP contribution in [0.3, 0.4) is 0 Å². The third-order valence-corrected chi connectivity index (χ3v) is 5.89. The van der Waals surface area contributed by atoms with Crippen molar-refractivity contribution in [1.29, 1.82) is 5.26 Å². The Morgan fingerprint density at radius 1 is 1.28 bits per heavy atom. The van der Waals surface area contributed by atoms with Crippen LogP contribution in [0.1, 0.15) is 48.3 Å². The van der Waals surface area contributed by atoms with Crippen LogP contribution in [0.25, 0.3) is 0 Å². The number of hydrogen-bond acceptors (Lipinski definition) is 8. The molecule has 0 fully saturated rings. The number of benzene rings is 1. The molecule has 1 aliphatic rings. The molecule has 1 aromatic carbocycles. The van der Waals surface area contributed by atoms with Crippen LogP contribution in [0.5, 0.6) is 5.75 Å². The van der Waals surface area contributed by atoms with Gasteiger partial charge in [-0.3, -0.25) is 8.98 Å². The summed E-state index contributed by atoms with van der Waals surface area (Å²) in [4.78, 5) is 25.1. The predicted molar refractivity (Wildman–Crippen MR) is 115 cm³/mol. The van der Waals surface area contributed by atoms with Gasteiger partial charge in [0.05, 0.1) is 42.7 Å². The van der Waals surface area contributed by atoms with Gasteiger partial charge < -0.3 is 14.0 Å². The first kappa shape index (κ1) is 23.5. The van der Waals surface area contributed by atoms with Crippen molar-refractivity contribution < 1.29 is 26.9 Å². The average molecular weight is 461 g/mol. The van der Waals surface area contributed by atoms with E-state index in [4.69, 9.17) is 13.7 Å². The molecule has 0 spiro atoms. The van der Waals surface area contributed by atoms with Crippen LogP contribution in [0.4, 0.5) is 0 Å². The number of esters is 1. The summed E-state index contributed by atoms with van der Waals surface area (Å²) in [5.41, 5.74) is -0.409. The van der Waals surface area contributed by atoms with Gasteiger partial charge in [0.25, 0.3) is 15.7 Å². The highest BCUT2D eigenvalue weighted by molar-refractivity contribution is 7.85. The zero-order valence-corrected chi connectivity index (χ0v) is 19.0. The molecule has 0 aliphatic carbocycles. The fraction of sp³-hybridized carbons (Fsp3) is 0.409. The van der Waals surface area contributed by atoms with Crippen molar-refractivity contribution in [1.82, 2.24) is 4.57 Å². The lowest BCUT2D eigenvalue weighted by Gasteiger charge is -2.45. The lowest BCUT2D eigenvalue weighted by Crippen LogP contribution is -2.50. The Morgan fingerprint density at radius 2 is 2.00 bits per heavy atom. The van der Waals surface area contributed by atoms with Crippen LogP contribution in [-0.4, -0.2) is 44.0 Å². The van der Waals surface area contributed by atoms with Crippen LogP contribution >= 0.6 is 0 Å². The van der Waals surface area contributed by atoms with Gasteiger partial charge in [0, 0.05) is 23.7 Å². The van der Waals surface area contributed by atoms with Crippen LogP contribution in [0, 0.1) is 17.2 Å². The van der Waals surface area contributed by atoms with Gasteiger partial charge in [0.2, 0.25) is 0 Å². The van der Waals surface area contributed by atoms with Gasteiger partial charge in [-0.05, 0) is 45.0 Å². The molecule has 0 bridgehead atoms. The van der Waals surface area contributed by atoms with Crippen molar-refractivity contribution in [3.63, 3.8) is 0 Å². The van der Waals surface area contributed by atoms with Gasteiger partial charge >= 0.3 is 5.97 Å². The molecule has 32 heavy (non-hydrogen) atoms. The highest BCUT2D eigenvalue weighted by atomic mass is 32.2. The van der Waals surface area contributed by atoms with Crippen molar-refractivity contribution in [2.24, 2.45) is 5.92 Å². The molecule has 3 rings (SSSR count). The fourth-order valence-corrected chi connectivity index (χ4v) is 4.19. The number of carbonyl (C=O) groups excluding carboxylic acids is 1. The SMILES string of the molecule is CCOC(=O)c1ccn([C@@H]2c3cc(C#N)ccc3OC(C)(C)[C@H]2COS(C)(=O)=O)c(=O)c1. The van der Waals surface area contributed by atoms with Gasteiger partial charge in [-0.25, -0.2) is 4.79 Å². The molecule has 2 atom stereocenters. The van der Waals surface area contributed by atoms with E-state index >= 15 is 0 Å². The summed E-state index contributed by atoms with van der Waals surface area (Å²) >= 11 is 0. The zero-order valence-electron chi connectivity index (χ0n) is 18.2. The number of hydrogen-bond donors (Lipinski definition) is 0. The van der Waals surface area contributed by atoms with E-state index in [0.717, 1.165) is 6.26 Å². The third-order valence-electron chi connectivity index (χ3n) is 5.33. The standard InChI is InChI=1S/C22H24N2O7S/c1-5-29-21(26)15-8-9-24(19(25)11-15)20-16-10-14(12-23)6-7-18(16)31-22(2,3)17(20)13-30-32(4,27)28/h6-11,17,20H,5,13H2,1-4H3/t17-,20+/m0/s1. The molecule has 170 valence electrons. The maximum Gasteiger partial charge on any atom is 0.338 e. The molecule has 10 heteroatoms. The topological polar surface area (TPSA) is 125 Å². The van der Waals surface area contributed by atoms with E-state index in [1.54, 1.807) is 39.0 Å². The second kappa shape index (κ2) is 8.76. The molecule has 0 N–H and O–H groups in total. The van der Waals surface area contributed by atoms with Gasteiger partial charge in [-0.15, -0.1) is 0 Å². The molecule has 0 saturated heterocycles. The van der Waals surface area contributed by atoms with E-state index < -0.39 is 39.2 Å². The zero-order chi connectivity index (χ0) is 23.7. The highest BCUT2D eigenvalue weighted by Gasteiger charge is 2.46. The number of nitriles is 1. The minimum absolute atomic E-state index is 0.106. The van der Waals surface area contributed by atoms with Crippen molar-refractivity contribution >= 4 is 16.1 Å². The van der Waals surface area contributed by atoms with Crippen LogP contribution in [0.15, 0.2) is 41.3 Å². The van der Waals surface area contributed by atoms with E-state index in [0.29, 0.717) is 16.9 Å². The number of rotatable bonds is 6. The Morgan fingerprint density at radius 3 is 2.59 bits per heavy atom. The summed E-state index contributed by atoms with van der Waals surface area (Å²) in [6.45, 7) is 5.13. The minimum atomic E-state index is -3.76. The molecule has 0 saturated carbocycles. The quantitative estimate of drug-likeness (QED) is 0.475. The van der Waals surface area contributed by atoms with E-state index in [9.17, 15) is 23.3 Å². The summed E-state index contributed by atoms with van der Waals surface area (Å²) in [6.07, 6.45) is 2.40. The Kier molecular flexibility index (Phi) is 6.44. The van der Waals surface area contributed by atoms with E-state index in [1.165, 1.54) is 22.9 Å². The normalized spacial score (nSPS) is 19.3. The van der Waals surface area contributed by atoms with Crippen molar-refractivity contribution in [2.45, 2.75) is 32.4 Å². The summed E-state index contributed by atoms with van der Waals surface area (Å²) < 4.78 is 40.9. The number of carbonyl (C=O) groups is 1. The number of aromatic nitrogens is 1. The maximum absolute atomic E-state index is 13.1. The summed E-state index contributed by atoms with van der Waals surface area (Å²) in [7, 11) is -3.76. The van der Waals surface area contributed by atoms with E-state index in [2.05, 4.69) is 6.07 Å². The molecule has 1 aromatic heterocycles. The monoisotopic (exact) mass is 460 g/mol. The van der Waals surface area contributed by atoms with Gasteiger partial charge in [-0.1, -0.05) is 0 Å². The average Bonchev–Trinajstić information content (AvgIpc) is 2.70. The molecule has 1 aliphatic heterocycles. The fourth-order valence-electron chi connectivity index (χ4n) is 3.79. The first-order valence-electron chi connectivity index (χ1n) is 9.93. The Bertz CT molecular complexity index is 1240. The van der Waals surface area contributed by atoms with E-state index in [1.807, 2.05) is 0 Å². The van der Waals surface area contributed by atoms with Crippen molar-refractivity contribution in [3.05, 3.63) is 63.6 Å². The molecule has 2 heterocycles. The summed E-state index contributed by atoms with van der Waals surface area (Å²) in [5.74, 6) is -0.769. The second-order valence-corrected chi connectivity index (χ2v) is 9.64. The van der Waals surface area contributed by atoms with Gasteiger partial charge in [0.15, 0.2) is 0 Å². The van der Waals surface area contributed by atoms with Crippen molar-refractivity contribution in [3.8, 4) is 11.8 Å². The highest BCUT2D eigenvalue weighted by Crippen LogP contribution is 2.45. The number of nitrogens with zero attached hydrogens (tertiary/aromatic N) is 2. The molecule has 2 aromatic rings. The lowest BCUT2D eigenvalue weighted by molar-refractivity contribution is -0.0171. The van der Waals surface area contributed by atoms with Gasteiger partial charge in [0.1, 0.15) is 11.4 Å². The summed E-state index contributed by atoms with van der Waals surface area (Å²) in [6, 6.07) is 8.83. The molecule has 0 unspecified atom stereocenters. The molecular weight excluding hydrogens is 436 g/mol. The molecule has 0 radical (unpaired) electrons. The molecule has 9 nitrogen and oxygen atoms in total. The first-order valence-corrected chi connectivity index (χ1v) is 11.7. The number of ether oxygens (including phenoxy) is 2. The van der Waals surface area contributed by atoms with Crippen molar-refractivity contribution in [2.75, 3.05) is 19.5 Å². The van der Waals surface area contributed by atoms with Gasteiger partial charge in [-0.2, -0.15) is 13.7 Å². The maximum atomic E-state index is 13.1. The van der Waals surface area contributed by atoms with Crippen LogP contribution < -0.4 is 10.3 Å². The Balaban J connectivity index is 2.18. The lowest BCUT2D eigenvalue weighted by atomic mass is 9.78. The third kappa shape index (κ3) is 4.84. The molecule has 0 amide bonds. The largest absolute Gasteiger partial charge is 0.487 e. The Hall–Kier alpha value is -3.16. The minimum Gasteiger partial charge on any atom is -0.487 e. The van der Waals surface area contributed by atoms with Crippen LogP contribution in [0.2, 0.25) is 0 Å². The Labute approximate surface area is 186 Å². The van der Waals surface area contributed by atoms with Crippen LogP contribution in [-0.2, 0) is 19.0 Å². The predicted octanol–water partition coefficient (Wildman–Crippen LogP) is 2.25. The first-order chi connectivity index (χ1) is 15.0. The molecular formula is C22H24N2O7S. The summed E-state index contributed by atoms with van der Waals surface area (Å²) in [5, 5.41) is 9.36.